The van der Waals surface area contributed by atoms with Crippen molar-refractivity contribution in [2.45, 2.75) is 24.9 Å². The van der Waals surface area contributed by atoms with Crippen LogP contribution in [0.3, 0.4) is 0 Å². The zero-order chi connectivity index (χ0) is 19.6. The zero-order valence-electron chi connectivity index (χ0n) is 15.8. The molecule has 1 aliphatic heterocycles. The van der Waals surface area contributed by atoms with Gasteiger partial charge in [-0.2, -0.15) is 13.2 Å². The Balaban J connectivity index is 0.00000240. The van der Waals surface area contributed by atoms with E-state index >= 15 is 0 Å². The number of hydrogen-bond donors (Lipinski definition) is 0. The topological polar surface area (TPSA) is 16.1 Å². The zero-order valence-corrected chi connectivity index (χ0v) is 16.6. The molecule has 1 aromatic heterocycles. The number of allylic oxidation sites excluding steroid dienone is 1. The Morgan fingerprint density at radius 2 is 1.90 bits per heavy atom. The van der Waals surface area contributed by atoms with E-state index in [-0.39, 0.29) is 18.3 Å². The lowest BCUT2D eigenvalue weighted by molar-refractivity contribution is -0.137. The second kappa shape index (κ2) is 8.87. The van der Waals surface area contributed by atoms with Crippen LogP contribution in [0.5, 0.6) is 0 Å². The number of aromatic nitrogens is 1. The molecule has 1 unspecified atom stereocenters. The molecule has 3 aromatic rings. The van der Waals surface area contributed by atoms with Crippen LogP contribution < -0.4 is 0 Å². The predicted octanol–water partition coefficient (Wildman–Crippen LogP) is 6.22. The third-order valence-corrected chi connectivity index (χ3v) is 5.29. The molecule has 1 aliphatic rings. The minimum atomic E-state index is -4.30. The maximum absolute atomic E-state index is 12.9. The van der Waals surface area contributed by atoms with Crippen molar-refractivity contribution in [3.05, 3.63) is 89.9 Å². The summed E-state index contributed by atoms with van der Waals surface area (Å²) in [5.74, 6) is 0.0340. The van der Waals surface area contributed by atoms with Crippen molar-refractivity contribution >= 4 is 23.2 Å². The van der Waals surface area contributed by atoms with Gasteiger partial charge in [-0.3, -0.25) is 4.98 Å². The highest BCUT2D eigenvalue weighted by Crippen LogP contribution is 2.33. The molecule has 6 heteroatoms. The molecule has 0 amide bonds. The molecule has 0 spiro atoms. The van der Waals surface area contributed by atoms with Crippen molar-refractivity contribution in [1.82, 2.24) is 9.88 Å². The van der Waals surface area contributed by atoms with Gasteiger partial charge in [0.05, 0.1) is 5.56 Å². The number of alkyl halides is 3. The monoisotopic (exact) mass is 418 g/mol. The average molecular weight is 419 g/mol. The van der Waals surface area contributed by atoms with E-state index < -0.39 is 11.7 Å². The van der Waals surface area contributed by atoms with Gasteiger partial charge >= 0.3 is 6.18 Å². The van der Waals surface area contributed by atoms with Gasteiger partial charge < -0.3 is 4.90 Å². The standard InChI is InChI=1S/C23H21F3N2.ClH/c24-23(25,26)22-3-1-2-19(15-22)18-8-12-28(13-9-18)11-7-17-4-5-21-16-27-10-6-20(21)14-17;/h1-6,8,10,12,14-16,18H,7,9,11,13H2;1H. The fourth-order valence-corrected chi connectivity index (χ4v) is 3.67. The van der Waals surface area contributed by atoms with Gasteiger partial charge in [-0.05, 0) is 47.7 Å². The molecule has 0 fully saturated rings. The molecule has 2 heterocycles. The van der Waals surface area contributed by atoms with Crippen molar-refractivity contribution in [3.63, 3.8) is 0 Å². The third-order valence-electron chi connectivity index (χ3n) is 5.29. The van der Waals surface area contributed by atoms with Gasteiger partial charge in [-0.1, -0.05) is 42.5 Å². The van der Waals surface area contributed by atoms with Crippen LogP contribution in [-0.2, 0) is 12.6 Å². The molecule has 0 saturated carbocycles. The minimum absolute atomic E-state index is 0. The predicted molar refractivity (Wildman–Crippen MR) is 112 cm³/mol. The van der Waals surface area contributed by atoms with Crippen molar-refractivity contribution in [2.75, 3.05) is 13.1 Å². The lowest BCUT2D eigenvalue weighted by Crippen LogP contribution is -2.26. The van der Waals surface area contributed by atoms with E-state index in [9.17, 15) is 13.2 Å². The molecule has 0 N–H and O–H groups in total. The first-order chi connectivity index (χ1) is 13.5. The second-order valence-corrected chi connectivity index (χ2v) is 7.20. The molecule has 0 bridgehead atoms. The lowest BCUT2D eigenvalue weighted by atomic mass is 9.92. The molecular weight excluding hydrogens is 397 g/mol. The Bertz CT molecular complexity index is 1000. The van der Waals surface area contributed by atoms with Gasteiger partial charge in [0, 0.05) is 36.8 Å². The largest absolute Gasteiger partial charge is 0.416 e. The molecular formula is C23H22ClF3N2. The highest BCUT2D eigenvalue weighted by Gasteiger charge is 2.31. The van der Waals surface area contributed by atoms with Crippen molar-refractivity contribution in [1.29, 1.82) is 0 Å². The summed E-state index contributed by atoms with van der Waals surface area (Å²) in [7, 11) is 0. The molecule has 0 saturated heterocycles. The summed E-state index contributed by atoms with van der Waals surface area (Å²) in [6.45, 7) is 1.73. The highest BCUT2D eigenvalue weighted by molar-refractivity contribution is 5.85. The van der Waals surface area contributed by atoms with Gasteiger partial charge in [-0.15, -0.1) is 12.4 Å². The summed E-state index contributed by atoms with van der Waals surface area (Å²) in [6, 6.07) is 14.1. The summed E-state index contributed by atoms with van der Waals surface area (Å²) in [6.07, 6.45) is 5.16. The molecule has 2 nitrogen and oxygen atoms in total. The van der Waals surface area contributed by atoms with Crippen LogP contribution in [0, 0.1) is 0 Å². The van der Waals surface area contributed by atoms with E-state index in [0.29, 0.717) is 0 Å². The van der Waals surface area contributed by atoms with E-state index in [1.165, 1.54) is 23.1 Å². The van der Waals surface area contributed by atoms with E-state index in [2.05, 4.69) is 28.1 Å². The second-order valence-electron chi connectivity index (χ2n) is 7.20. The van der Waals surface area contributed by atoms with Crippen molar-refractivity contribution < 1.29 is 13.2 Å². The van der Waals surface area contributed by atoms with Crippen molar-refractivity contribution in [2.24, 2.45) is 0 Å². The fraction of sp³-hybridized carbons (Fsp3) is 0.261. The first kappa shape index (κ1) is 21.2. The molecule has 1 atom stereocenters. The molecule has 152 valence electrons. The summed E-state index contributed by atoms with van der Waals surface area (Å²) < 4.78 is 38.8. The third kappa shape index (κ3) is 5.10. The van der Waals surface area contributed by atoms with E-state index in [4.69, 9.17) is 0 Å². The molecule has 29 heavy (non-hydrogen) atoms. The van der Waals surface area contributed by atoms with Gasteiger partial charge in [0.15, 0.2) is 0 Å². The number of hydrogen-bond acceptors (Lipinski definition) is 2. The Morgan fingerprint density at radius 3 is 2.66 bits per heavy atom. The number of nitrogens with zero attached hydrogens (tertiary/aromatic N) is 2. The summed E-state index contributed by atoms with van der Waals surface area (Å²) in [4.78, 5) is 6.37. The van der Waals surface area contributed by atoms with Crippen LogP contribution in [0.25, 0.3) is 10.8 Å². The molecule has 0 radical (unpaired) electrons. The van der Waals surface area contributed by atoms with Gasteiger partial charge in [0.2, 0.25) is 0 Å². The van der Waals surface area contributed by atoms with Gasteiger partial charge in [0.25, 0.3) is 0 Å². The van der Waals surface area contributed by atoms with Crippen LogP contribution in [0.4, 0.5) is 13.2 Å². The summed E-state index contributed by atoms with van der Waals surface area (Å²) in [5, 5.41) is 2.32. The van der Waals surface area contributed by atoms with Crippen LogP contribution in [0.1, 0.15) is 29.0 Å². The first-order valence-electron chi connectivity index (χ1n) is 9.41. The molecule has 4 rings (SSSR count). The quantitative estimate of drug-likeness (QED) is 0.500. The Labute approximate surface area is 174 Å². The Kier molecular flexibility index (Phi) is 6.48. The van der Waals surface area contributed by atoms with E-state index in [0.717, 1.165) is 42.9 Å². The summed E-state index contributed by atoms with van der Waals surface area (Å²) in [5.41, 5.74) is 1.42. The maximum atomic E-state index is 12.9. The summed E-state index contributed by atoms with van der Waals surface area (Å²) >= 11 is 0. The van der Waals surface area contributed by atoms with Gasteiger partial charge in [0.1, 0.15) is 0 Å². The smallest absolute Gasteiger partial charge is 0.377 e. The van der Waals surface area contributed by atoms with Crippen LogP contribution >= 0.6 is 12.4 Å². The number of pyridine rings is 1. The van der Waals surface area contributed by atoms with Crippen LogP contribution in [0.2, 0.25) is 0 Å². The molecule has 2 aromatic carbocycles. The first-order valence-corrected chi connectivity index (χ1v) is 9.41. The Hall–Kier alpha value is -2.53. The van der Waals surface area contributed by atoms with Crippen LogP contribution in [-0.4, -0.2) is 23.0 Å². The maximum Gasteiger partial charge on any atom is 0.416 e. The SMILES string of the molecule is Cl.FC(F)(F)c1cccc(C2C=CN(CCc3ccc4cnccc4c3)CC2)c1. The fourth-order valence-electron chi connectivity index (χ4n) is 3.67. The number of fused-ring (bicyclic) bond motifs is 1. The lowest BCUT2D eigenvalue weighted by Gasteiger charge is -2.28. The molecule has 0 aliphatic carbocycles. The number of benzene rings is 2. The Morgan fingerprint density at radius 1 is 1.03 bits per heavy atom. The van der Waals surface area contributed by atoms with Gasteiger partial charge in [-0.25, -0.2) is 0 Å². The van der Waals surface area contributed by atoms with Crippen LogP contribution in [0.15, 0.2) is 73.2 Å². The normalized spacial score (nSPS) is 16.7. The highest BCUT2D eigenvalue weighted by atomic mass is 35.5. The van der Waals surface area contributed by atoms with E-state index in [1.54, 1.807) is 12.3 Å². The number of rotatable bonds is 4. The van der Waals surface area contributed by atoms with E-state index in [1.807, 2.05) is 24.5 Å². The number of halogens is 4. The minimum Gasteiger partial charge on any atom is -0.377 e. The van der Waals surface area contributed by atoms with Crippen molar-refractivity contribution in [3.8, 4) is 0 Å². The average Bonchev–Trinajstić information content (AvgIpc) is 2.72.